The van der Waals surface area contributed by atoms with Gasteiger partial charge in [0.1, 0.15) is 4.90 Å². The predicted molar refractivity (Wildman–Crippen MR) is 74.8 cm³/mol. The van der Waals surface area contributed by atoms with Gasteiger partial charge in [-0.05, 0) is 49.5 Å². The molecule has 0 aromatic heterocycles. The number of hydrogen-bond donors (Lipinski definition) is 1. The quantitative estimate of drug-likeness (QED) is 0.900. The maximum atomic E-state index is 12.6. The lowest BCUT2D eigenvalue weighted by Crippen LogP contribution is -2.32. The van der Waals surface area contributed by atoms with Gasteiger partial charge in [0.2, 0.25) is 10.0 Å². The van der Waals surface area contributed by atoms with Crippen molar-refractivity contribution in [2.24, 2.45) is 11.8 Å². The zero-order valence-electron chi connectivity index (χ0n) is 10.8. The van der Waals surface area contributed by atoms with E-state index in [9.17, 15) is 8.42 Å². The van der Waals surface area contributed by atoms with E-state index in [2.05, 4.69) is 5.32 Å². The number of nitrogens with zero attached hydrogens (tertiary/aromatic N) is 1. The fourth-order valence-corrected chi connectivity index (χ4v) is 5.09. The van der Waals surface area contributed by atoms with Crippen molar-refractivity contribution in [3.05, 3.63) is 28.8 Å². The summed E-state index contributed by atoms with van der Waals surface area (Å²) in [6.07, 6.45) is 0. The van der Waals surface area contributed by atoms with Crippen LogP contribution < -0.4 is 5.32 Å². The van der Waals surface area contributed by atoms with Crippen LogP contribution in [0.3, 0.4) is 0 Å². The van der Waals surface area contributed by atoms with E-state index >= 15 is 0 Å². The Morgan fingerprint density at radius 2 is 1.89 bits per heavy atom. The average Bonchev–Trinajstić information content (AvgIpc) is 2.87. The number of fused-ring (bicyclic) bond motifs is 1. The lowest BCUT2D eigenvalue weighted by molar-refractivity contribution is 0.448. The van der Waals surface area contributed by atoms with Crippen LogP contribution in [0.4, 0.5) is 0 Å². The molecule has 19 heavy (non-hydrogen) atoms. The highest BCUT2D eigenvalue weighted by Gasteiger charge is 2.41. The highest BCUT2D eigenvalue weighted by Crippen LogP contribution is 2.33. The Kier molecular flexibility index (Phi) is 3.33. The van der Waals surface area contributed by atoms with Gasteiger partial charge in [-0.25, -0.2) is 8.42 Å². The van der Waals surface area contributed by atoms with Crippen molar-refractivity contribution in [1.82, 2.24) is 9.62 Å². The molecule has 4 nitrogen and oxygen atoms in total. The third kappa shape index (κ3) is 2.29. The van der Waals surface area contributed by atoms with E-state index in [1.165, 1.54) is 0 Å². The standard InChI is InChI=1S/C13H17ClN2O2S/c1-9-2-3-13(12(14)4-9)19(17,18)16-7-10-5-15-6-11(10)8-16/h2-4,10-11,15H,5-8H2,1H3/t10-,11+. The highest BCUT2D eigenvalue weighted by molar-refractivity contribution is 7.89. The molecule has 1 aromatic carbocycles. The van der Waals surface area contributed by atoms with Gasteiger partial charge in [-0.1, -0.05) is 17.7 Å². The fraction of sp³-hybridized carbons (Fsp3) is 0.538. The number of hydrogen-bond acceptors (Lipinski definition) is 3. The van der Waals surface area contributed by atoms with Crippen LogP contribution in [0.15, 0.2) is 23.1 Å². The Morgan fingerprint density at radius 1 is 1.26 bits per heavy atom. The van der Waals surface area contributed by atoms with E-state index < -0.39 is 10.0 Å². The van der Waals surface area contributed by atoms with Gasteiger partial charge < -0.3 is 5.32 Å². The lowest BCUT2D eigenvalue weighted by Gasteiger charge is -2.18. The second-order valence-corrected chi connectivity index (χ2v) is 7.75. The van der Waals surface area contributed by atoms with Gasteiger partial charge in [-0.2, -0.15) is 4.31 Å². The Balaban J connectivity index is 1.91. The Bertz CT molecular complexity index is 591. The second kappa shape index (κ2) is 4.74. The molecule has 0 bridgehead atoms. The largest absolute Gasteiger partial charge is 0.316 e. The third-order valence-corrected chi connectivity index (χ3v) is 6.38. The molecule has 104 valence electrons. The molecular formula is C13H17ClN2O2S. The summed E-state index contributed by atoms with van der Waals surface area (Å²) in [7, 11) is -3.45. The first-order chi connectivity index (χ1) is 8.98. The van der Waals surface area contributed by atoms with Crippen molar-refractivity contribution in [1.29, 1.82) is 0 Å². The minimum absolute atomic E-state index is 0.229. The fourth-order valence-electron chi connectivity index (χ4n) is 2.96. The zero-order valence-corrected chi connectivity index (χ0v) is 12.3. The van der Waals surface area contributed by atoms with Gasteiger partial charge in [0, 0.05) is 13.1 Å². The highest BCUT2D eigenvalue weighted by atomic mass is 35.5. The van der Waals surface area contributed by atoms with Crippen LogP contribution in [0.1, 0.15) is 5.56 Å². The Labute approximate surface area is 118 Å². The molecule has 3 rings (SSSR count). The third-order valence-electron chi connectivity index (χ3n) is 4.06. The summed E-state index contributed by atoms with van der Waals surface area (Å²) in [6, 6.07) is 5.10. The van der Waals surface area contributed by atoms with Crippen LogP contribution in [0, 0.1) is 18.8 Å². The average molecular weight is 301 g/mol. The Hall–Kier alpha value is -0.620. The van der Waals surface area contributed by atoms with E-state index in [1.54, 1.807) is 22.5 Å². The molecule has 1 N–H and O–H groups in total. The molecule has 2 aliphatic heterocycles. The number of sulfonamides is 1. The smallest absolute Gasteiger partial charge is 0.244 e. The van der Waals surface area contributed by atoms with Crippen LogP contribution >= 0.6 is 11.6 Å². The molecular weight excluding hydrogens is 284 g/mol. The van der Waals surface area contributed by atoms with Crippen molar-refractivity contribution in [3.8, 4) is 0 Å². The summed E-state index contributed by atoms with van der Waals surface area (Å²) in [5.74, 6) is 0.887. The number of nitrogens with one attached hydrogen (secondary N) is 1. The summed E-state index contributed by atoms with van der Waals surface area (Å²) in [5.41, 5.74) is 0.964. The molecule has 0 aliphatic carbocycles. The SMILES string of the molecule is Cc1ccc(S(=O)(=O)N2C[C@H]3CNC[C@H]3C2)c(Cl)c1. The van der Waals surface area contributed by atoms with Gasteiger partial charge in [0.25, 0.3) is 0 Å². The molecule has 2 fully saturated rings. The summed E-state index contributed by atoms with van der Waals surface area (Å²) in [4.78, 5) is 0.229. The molecule has 1 aromatic rings. The van der Waals surface area contributed by atoms with Crippen LogP contribution in [0.25, 0.3) is 0 Å². The van der Waals surface area contributed by atoms with E-state index in [0.29, 0.717) is 29.9 Å². The molecule has 2 atom stereocenters. The summed E-state index contributed by atoms with van der Waals surface area (Å²) in [5, 5.41) is 3.62. The lowest BCUT2D eigenvalue weighted by atomic mass is 10.0. The summed E-state index contributed by atoms with van der Waals surface area (Å²) in [6.45, 7) is 4.93. The monoisotopic (exact) mass is 300 g/mol. The molecule has 6 heteroatoms. The molecule has 2 aliphatic rings. The molecule has 2 saturated heterocycles. The van der Waals surface area contributed by atoms with Gasteiger partial charge in [-0.3, -0.25) is 0 Å². The summed E-state index contributed by atoms with van der Waals surface area (Å²) >= 11 is 6.09. The second-order valence-electron chi connectivity index (χ2n) is 5.43. The summed E-state index contributed by atoms with van der Waals surface area (Å²) < 4.78 is 26.8. The van der Waals surface area contributed by atoms with Crippen molar-refractivity contribution in [3.63, 3.8) is 0 Å². The van der Waals surface area contributed by atoms with Crippen LogP contribution in [-0.4, -0.2) is 38.9 Å². The normalized spacial score (nSPS) is 27.7. The van der Waals surface area contributed by atoms with Crippen molar-refractivity contribution in [2.45, 2.75) is 11.8 Å². The van der Waals surface area contributed by atoms with Crippen molar-refractivity contribution < 1.29 is 8.42 Å². The minimum Gasteiger partial charge on any atom is -0.316 e. The molecule has 0 saturated carbocycles. The van der Waals surface area contributed by atoms with E-state index in [1.807, 2.05) is 6.92 Å². The minimum atomic E-state index is -3.45. The van der Waals surface area contributed by atoms with Gasteiger partial charge >= 0.3 is 0 Å². The van der Waals surface area contributed by atoms with Crippen LogP contribution in [0.2, 0.25) is 5.02 Å². The number of aryl methyl sites for hydroxylation is 1. The van der Waals surface area contributed by atoms with Gasteiger partial charge in [0.15, 0.2) is 0 Å². The first kappa shape index (κ1) is 13.4. The predicted octanol–water partition coefficient (Wildman–Crippen LogP) is 1.49. The van der Waals surface area contributed by atoms with Gasteiger partial charge in [-0.15, -0.1) is 0 Å². The van der Waals surface area contributed by atoms with E-state index in [4.69, 9.17) is 11.6 Å². The molecule has 0 unspecified atom stereocenters. The molecule has 0 amide bonds. The van der Waals surface area contributed by atoms with E-state index in [-0.39, 0.29) is 4.90 Å². The topological polar surface area (TPSA) is 49.4 Å². The Morgan fingerprint density at radius 3 is 2.47 bits per heavy atom. The maximum Gasteiger partial charge on any atom is 0.244 e. The number of rotatable bonds is 2. The van der Waals surface area contributed by atoms with Crippen molar-refractivity contribution in [2.75, 3.05) is 26.2 Å². The van der Waals surface area contributed by atoms with Gasteiger partial charge in [0.05, 0.1) is 5.02 Å². The van der Waals surface area contributed by atoms with Crippen LogP contribution in [-0.2, 0) is 10.0 Å². The van der Waals surface area contributed by atoms with E-state index in [0.717, 1.165) is 18.7 Å². The molecule has 0 spiro atoms. The van der Waals surface area contributed by atoms with Crippen LogP contribution in [0.5, 0.6) is 0 Å². The number of halogens is 1. The first-order valence-corrected chi connectivity index (χ1v) is 8.27. The first-order valence-electron chi connectivity index (χ1n) is 6.45. The molecule has 2 heterocycles. The molecule has 0 radical (unpaired) electrons. The number of benzene rings is 1. The van der Waals surface area contributed by atoms with Crippen molar-refractivity contribution >= 4 is 21.6 Å². The maximum absolute atomic E-state index is 12.6. The zero-order chi connectivity index (χ0) is 13.6.